The maximum atomic E-state index is 5.91. The standard InChI is InChI=1S/C13H19BrClN/c1-4-13(9(2)3)16-8-10-5-6-11(15)7-12(10)14/h5-7,9,13,16H,4,8H2,1-3H3. The van der Waals surface area contributed by atoms with Crippen LogP contribution in [0.1, 0.15) is 32.8 Å². The molecule has 0 aliphatic carbocycles. The fourth-order valence-electron chi connectivity index (χ4n) is 1.76. The number of benzene rings is 1. The number of nitrogens with one attached hydrogen (secondary N) is 1. The SMILES string of the molecule is CCC(NCc1ccc(Cl)cc1Br)C(C)C. The Morgan fingerprint density at radius 2 is 2.06 bits per heavy atom. The first-order chi connectivity index (χ1) is 7.54. The third-order valence-electron chi connectivity index (χ3n) is 2.81. The summed E-state index contributed by atoms with van der Waals surface area (Å²) in [5.41, 5.74) is 1.25. The highest BCUT2D eigenvalue weighted by Gasteiger charge is 2.10. The second kappa shape index (κ2) is 6.63. The van der Waals surface area contributed by atoms with Crippen molar-refractivity contribution in [3.8, 4) is 0 Å². The van der Waals surface area contributed by atoms with E-state index in [2.05, 4.69) is 48.1 Å². The van der Waals surface area contributed by atoms with Gasteiger partial charge in [-0.3, -0.25) is 0 Å². The summed E-state index contributed by atoms with van der Waals surface area (Å²) >= 11 is 9.44. The lowest BCUT2D eigenvalue weighted by Gasteiger charge is -2.21. The minimum absolute atomic E-state index is 0.572. The van der Waals surface area contributed by atoms with Gasteiger partial charge in [-0.2, -0.15) is 0 Å². The molecule has 0 bridgehead atoms. The molecule has 0 aromatic heterocycles. The van der Waals surface area contributed by atoms with E-state index in [0.29, 0.717) is 12.0 Å². The minimum Gasteiger partial charge on any atom is -0.310 e. The van der Waals surface area contributed by atoms with E-state index >= 15 is 0 Å². The molecule has 16 heavy (non-hydrogen) atoms. The lowest BCUT2D eigenvalue weighted by Crippen LogP contribution is -2.32. The van der Waals surface area contributed by atoms with Gasteiger partial charge in [0.15, 0.2) is 0 Å². The van der Waals surface area contributed by atoms with Crippen LogP contribution < -0.4 is 5.32 Å². The third kappa shape index (κ3) is 4.08. The zero-order valence-corrected chi connectivity index (χ0v) is 12.4. The lowest BCUT2D eigenvalue weighted by atomic mass is 10.0. The summed E-state index contributed by atoms with van der Waals surface area (Å²) < 4.78 is 1.08. The topological polar surface area (TPSA) is 12.0 Å². The second-order valence-corrected chi connectivity index (χ2v) is 5.67. The van der Waals surface area contributed by atoms with Gasteiger partial charge < -0.3 is 5.32 Å². The minimum atomic E-state index is 0.572. The fourth-order valence-corrected chi connectivity index (χ4v) is 2.58. The van der Waals surface area contributed by atoms with Crippen LogP contribution in [0.4, 0.5) is 0 Å². The first-order valence-corrected chi connectivity index (χ1v) is 6.89. The van der Waals surface area contributed by atoms with Crippen LogP contribution in [0, 0.1) is 5.92 Å². The van der Waals surface area contributed by atoms with Crippen molar-refractivity contribution in [2.24, 2.45) is 5.92 Å². The largest absolute Gasteiger partial charge is 0.310 e. The summed E-state index contributed by atoms with van der Waals surface area (Å²) in [4.78, 5) is 0. The van der Waals surface area contributed by atoms with Gasteiger partial charge in [0.2, 0.25) is 0 Å². The molecule has 0 heterocycles. The predicted octanol–water partition coefficient (Wildman–Crippen LogP) is 4.63. The molecule has 0 aliphatic rings. The quantitative estimate of drug-likeness (QED) is 0.836. The molecule has 0 amide bonds. The molecule has 1 aromatic rings. The smallest absolute Gasteiger partial charge is 0.0417 e. The average molecular weight is 305 g/mol. The van der Waals surface area contributed by atoms with Crippen LogP contribution in [0.3, 0.4) is 0 Å². The molecule has 0 aliphatic heterocycles. The van der Waals surface area contributed by atoms with Crippen LogP contribution in [-0.2, 0) is 6.54 Å². The van der Waals surface area contributed by atoms with Gasteiger partial charge in [-0.25, -0.2) is 0 Å². The van der Waals surface area contributed by atoms with Crippen molar-refractivity contribution in [1.82, 2.24) is 5.32 Å². The van der Waals surface area contributed by atoms with Gasteiger partial charge in [0, 0.05) is 22.1 Å². The highest BCUT2D eigenvalue weighted by molar-refractivity contribution is 9.10. The molecule has 1 N–H and O–H groups in total. The maximum Gasteiger partial charge on any atom is 0.0417 e. The van der Waals surface area contributed by atoms with Gasteiger partial charge in [-0.15, -0.1) is 0 Å². The summed E-state index contributed by atoms with van der Waals surface area (Å²) in [6.45, 7) is 7.60. The van der Waals surface area contributed by atoms with Gasteiger partial charge in [0.1, 0.15) is 0 Å². The highest BCUT2D eigenvalue weighted by atomic mass is 79.9. The molecule has 0 spiro atoms. The zero-order valence-electron chi connectivity index (χ0n) is 10.1. The normalized spacial score (nSPS) is 13.1. The predicted molar refractivity (Wildman–Crippen MR) is 74.9 cm³/mol. The summed E-state index contributed by atoms with van der Waals surface area (Å²) in [5.74, 6) is 0.663. The van der Waals surface area contributed by atoms with E-state index in [1.807, 2.05) is 12.1 Å². The Labute approximate surface area is 112 Å². The highest BCUT2D eigenvalue weighted by Crippen LogP contribution is 2.21. The Hall–Kier alpha value is -0.0500. The van der Waals surface area contributed by atoms with E-state index in [4.69, 9.17) is 11.6 Å². The van der Waals surface area contributed by atoms with Crippen molar-refractivity contribution in [2.75, 3.05) is 0 Å². The molecular weight excluding hydrogens is 286 g/mol. The van der Waals surface area contributed by atoms with E-state index in [1.165, 1.54) is 5.56 Å². The third-order valence-corrected chi connectivity index (χ3v) is 3.79. The molecule has 0 saturated heterocycles. The van der Waals surface area contributed by atoms with Crippen LogP contribution in [-0.4, -0.2) is 6.04 Å². The fraction of sp³-hybridized carbons (Fsp3) is 0.538. The monoisotopic (exact) mass is 303 g/mol. The Morgan fingerprint density at radius 3 is 2.56 bits per heavy atom. The Balaban J connectivity index is 2.60. The van der Waals surface area contributed by atoms with Crippen LogP contribution in [0.25, 0.3) is 0 Å². The van der Waals surface area contributed by atoms with Crippen LogP contribution in [0.2, 0.25) is 5.02 Å². The van der Waals surface area contributed by atoms with Crippen molar-refractivity contribution in [3.05, 3.63) is 33.3 Å². The number of hydrogen-bond acceptors (Lipinski definition) is 1. The first kappa shape index (κ1) is 14.0. The summed E-state index contributed by atoms with van der Waals surface area (Å²) in [5, 5.41) is 4.34. The van der Waals surface area contributed by atoms with E-state index in [-0.39, 0.29) is 0 Å². The van der Waals surface area contributed by atoms with Crippen molar-refractivity contribution in [3.63, 3.8) is 0 Å². The molecule has 1 nitrogen and oxygen atoms in total. The average Bonchev–Trinajstić information content (AvgIpc) is 2.21. The molecular formula is C13H19BrClN. The number of rotatable bonds is 5. The van der Waals surface area contributed by atoms with Crippen molar-refractivity contribution < 1.29 is 0 Å². The molecule has 1 rings (SSSR count). The summed E-state index contributed by atoms with van der Waals surface area (Å²) in [7, 11) is 0. The van der Waals surface area contributed by atoms with Gasteiger partial charge in [-0.1, -0.05) is 54.4 Å². The van der Waals surface area contributed by atoms with E-state index < -0.39 is 0 Å². The molecule has 0 fully saturated rings. The van der Waals surface area contributed by atoms with Crippen molar-refractivity contribution >= 4 is 27.5 Å². The van der Waals surface area contributed by atoms with Crippen molar-refractivity contribution in [1.29, 1.82) is 0 Å². The first-order valence-electron chi connectivity index (χ1n) is 5.72. The molecule has 0 radical (unpaired) electrons. The molecule has 1 atom stereocenters. The van der Waals surface area contributed by atoms with E-state index in [0.717, 1.165) is 22.5 Å². The van der Waals surface area contributed by atoms with Crippen LogP contribution in [0.5, 0.6) is 0 Å². The Kier molecular flexibility index (Phi) is 5.81. The maximum absolute atomic E-state index is 5.91. The summed E-state index contributed by atoms with van der Waals surface area (Å²) in [6.07, 6.45) is 1.16. The van der Waals surface area contributed by atoms with Crippen molar-refractivity contribution in [2.45, 2.75) is 39.8 Å². The molecule has 3 heteroatoms. The second-order valence-electron chi connectivity index (χ2n) is 4.38. The Bertz CT molecular complexity index is 339. The van der Waals surface area contributed by atoms with Crippen LogP contribution >= 0.6 is 27.5 Å². The molecule has 0 saturated carbocycles. The zero-order chi connectivity index (χ0) is 12.1. The van der Waals surface area contributed by atoms with Gasteiger partial charge >= 0.3 is 0 Å². The number of halogens is 2. The van der Waals surface area contributed by atoms with E-state index in [1.54, 1.807) is 0 Å². The molecule has 1 unspecified atom stereocenters. The Morgan fingerprint density at radius 1 is 1.38 bits per heavy atom. The van der Waals surface area contributed by atoms with E-state index in [9.17, 15) is 0 Å². The summed E-state index contributed by atoms with van der Waals surface area (Å²) in [6, 6.07) is 6.50. The number of hydrogen-bond donors (Lipinski definition) is 1. The van der Waals surface area contributed by atoms with Crippen LogP contribution in [0.15, 0.2) is 22.7 Å². The van der Waals surface area contributed by atoms with Gasteiger partial charge in [-0.05, 0) is 30.0 Å². The lowest BCUT2D eigenvalue weighted by molar-refractivity contribution is 0.387. The molecule has 1 aromatic carbocycles. The molecule has 90 valence electrons. The van der Waals surface area contributed by atoms with Gasteiger partial charge in [0.05, 0.1) is 0 Å². The van der Waals surface area contributed by atoms with Gasteiger partial charge in [0.25, 0.3) is 0 Å².